The summed E-state index contributed by atoms with van der Waals surface area (Å²) in [6, 6.07) is -0.576. The number of urea groups is 1. The third-order valence-corrected chi connectivity index (χ3v) is 2.60. The number of esters is 1. The van der Waals surface area contributed by atoms with Crippen molar-refractivity contribution in [3.05, 3.63) is 0 Å². The highest BCUT2D eigenvalue weighted by Crippen LogP contribution is 2.16. The number of aliphatic hydroxyl groups excluding tert-OH is 1. The SMILES string of the molecule is CC1(C)NC(=O)N(CC(O)COC(=O)CCl)C1=O. The summed E-state index contributed by atoms with van der Waals surface area (Å²) in [7, 11) is 0. The van der Waals surface area contributed by atoms with Gasteiger partial charge in [-0.3, -0.25) is 14.5 Å². The first-order valence-electron chi connectivity index (χ1n) is 5.31. The largest absolute Gasteiger partial charge is 0.462 e. The zero-order valence-corrected chi connectivity index (χ0v) is 10.9. The molecule has 0 aromatic carbocycles. The van der Waals surface area contributed by atoms with Crippen molar-refractivity contribution in [3.8, 4) is 0 Å². The number of hydrogen-bond donors (Lipinski definition) is 2. The molecule has 0 spiro atoms. The lowest BCUT2D eigenvalue weighted by molar-refractivity contribution is -0.144. The molecule has 7 nitrogen and oxygen atoms in total. The van der Waals surface area contributed by atoms with Gasteiger partial charge in [-0.05, 0) is 13.8 Å². The van der Waals surface area contributed by atoms with Crippen LogP contribution in [0.25, 0.3) is 0 Å². The van der Waals surface area contributed by atoms with Crippen LogP contribution in [-0.4, -0.2) is 58.6 Å². The van der Waals surface area contributed by atoms with Gasteiger partial charge < -0.3 is 15.2 Å². The first-order chi connectivity index (χ1) is 8.27. The Bertz CT molecular complexity index is 371. The Morgan fingerprint density at radius 3 is 2.61 bits per heavy atom. The fraction of sp³-hybridized carbons (Fsp3) is 0.700. The highest BCUT2D eigenvalue weighted by atomic mass is 35.5. The van der Waals surface area contributed by atoms with Gasteiger partial charge in [-0.25, -0.2) is 4.79 Å². The van der Waals surface area contributed by atoms with Crippen LogP contribution < -0.4 is 5.32 Å². The van der Waals surface area contributed by atoms with E-state index >= 15 is 0 Å². The number of alkyl halides is 1. The van der Waals surface area contributed by atoms with E-state index in [1.807, 2.05) is 0 Å². The van der Waals surface area contributed by atoms with Gasteiger partial charge in [0.15, 0.2) is 0 Å². The number of ether oxygens (including phenoxy) is 1. The van der Waals surface area contributed by atoms with Crippen LogP contribution in [0.4, 0.5) is 4.79 Å². The minimum absolute atomic E-state index is 0.232. The second-order valence-corrected chi connectivity index (χ2v) is 4.71. The molecule has 3 amide bonds. The molecule has 1 saturated heterocycles. The summed E-state index contributed by atoms with van der Waals surface area (Å²) in [6.45, 7) is 2.58. The smallest absolute Gasteiger partial charge is 0.325 e. The molecule has 1 fully saturated rings. The van der Waals surface area contributed by atoms with Crippen molar-refractivity contribution in [2.75, 3.05) is 19.0 Å². The van der Waals surface area contributed by atoms with Gasteiger partial charge in [-0.15, -0.1) is 11.6 Å². The predicted molar refractivity (Wildman–Crippen MR) is 62.0 cm³/mol. The molecule has 1 rings (SSSR count). The summed E-state index contributed by atoms with van der Waals surface area (Å²) in [6.07, 6.45) is -1.14. The lowest BCUT2D eigenvalue weighted by atomic mass is 10.1. The summed E-state index contributed by atoms with van der Waals surface area (Å²) >= 11 is 5.20. The summed E-state index contributed by atoms with van der Waals surface area (Å²) in [5.41, 5.74) is -0.983. The number of carbonyl (C=O) groups is 3. The minimum Gasteiger partial charge on any atom is -0.462 e. The normalized spacial score (nSPS) is 19.7. The number of hydrogen-bond acceptors (Lipinski definition) is 5. The summed E-state index contributed by atoms with van der Waals surface area (Å²) in [5.74, 6) is -1.42. The first kappa shape index (κ1) is 14.7. The number of β-amino-alcohol motifs (C(OH)–C–C–N with tert-alkyl or cyclic N) is 1. The topological polar surface area (TPSA) is 95.9 Å². The Morgan fingerprint density at radius 1 is 1.56 bits per heavy atom. The lowest BCUT2D eigenvalue weighted by Gasteiger charge is -2.18. The zero-order chi connectivity index (χ0) is 13.9. The van der Waals surface area contributed by atoms with Crippen molar-refractivity contribution < 1.29 is 24.2 Å². The van der Waals surface area contributed by atoms with Crippen LogP contribution in [0.1, 0.15) is 13.8 Å². The fourth-order valence-electron chi connectivity index (χ4n) is 1.47. The lowest BCUT2D eigenvalue weighted by Crippen LogP contribution is -2.42. The third kappa shape index (κ3) is 3.33. The molecule has 18 heavy (non-hydrogen) atoms. The van der Waals surface area contributed by atoms with Crippen LogP contribution in [-0.2, 0) is 14.3 Å². The van der Waals surface area contributed by atoms with Gasteiger partial charge in [0.25, 0.3) is 5.91 Å². The van der Waals surface area contributed by atoms with Crippen molar-refractivity contribution in [2.45, 2.75) is 25.5 Å². The molecule has 1 aliphatic heterocycles. The van der Waals surface area contributed by atoms with Crippen LogP contribution in [0, 0.1) is 0 Å². The van der Waals surface area contributed by atoms with E-state index in [4.69, 9.17) is 11.6 Å². The second kappa shape index (κ2) is 5.53. The van der Waals surface area contributed by atoms with E-state index in [2.05, 4.69) is 10.1 Å². The molecule has 102 valence electrons. The maximum absolute atomic E-state index is 11.8. The molecule has 0 aromatic heterocycles. The average molecular weight is 279 g/mol. The molecule has 1 aliphatic rings. The van der Waals surface area contributed by atoms with Crippen LogP contribution in [0.3, 0.4) is 0 Å². The summed E-state index contributed by atoms with van der Waals surface area (Å²) in [4.78, 5) is 34.9. The van der Waals surface area contributed by atoms with Gasteiger partial charge >= 0.3 is 12.0 Å². The molecule has 8 heteroatoms. The molecule has 0 bridgehead atoms. The molecule has 0 radical (unpaired) electrons. The van der Waals surface area contributed by atoms with Gasteiger partial charge in [0.1, 0.15) is 24.1 Å². The number of carbonyl (C=O) groups excluding carboxylic acids is 3. The molecule has 0 aliphatic carbocycles. The fourth-order valence-corrected chi connectivity index (χ4v) is 1.55. The van der Waals surface area contributed by atoms with Crippen molar-refractivity contribution in [2.24, 2.45) is 0 Å². The van der Waals surface area contributed by atoms with Gasteiger partial charge in [-0.2, -0.15) is 0 Å². The molecule has 1 heterocycles. The Kier molecular flexibility index (Phi) is 4.53. The number of nitrogens with one attached hydrogen (secondary N) is 1. The van der Waals surface area contributed by atoms with Gasteiger partial charge in [0.2, 0.25) is 0 Å². The van der Waals surface area contributed by atoms with E-state index < -0.39 is 29.6 Å². The van der Waals surface area contributed by atoms with E-state index in [9.17, 15) is 19.5 Å². The molecule has 1 atom stereocenters. The Hall–Kier alpha value is -1.34. The number of rotatable bonds is 5. The first-order valence-corrected chi connectivity index (χ1v) is 5.85. The maximum Gasteiger partial charge on any atom is 0.325 e. The predicted octanol–water partition coefficient (Wildman–Crippen LogP) is -0.540. The molecule has 0 aromatic rings. The highest BCUT2D eigenvalue weighted by molar-refractivity contribution is 6.26. The Morgan fingerprint density at radius 2 is 2.17 bits per heavy atom. The quantitative estimate of drug-likeness (QED) is 0.400. The number of imide groups is 1. The highest BCUT2D eigenvalue weighted by Gasteiger charge is 2.44. The van der Waals surface area contributed by atoms with Crippen molar-refractivity contribution >= 4 is 29.5 Å². The van der Waals surface area contributed by atoms with E-state index in [0.717, 1.165) is 4.90 Å². The van der Waals surface area contributed by atoms with E-state index in [-0.39, 0.29) is 19.0 Å². The van der Waals surface area contributed by atoms with Crippen LogP contribution >= 0.6 is 11.6 Å². The van der Waals surface area contributed by atoms with Crippen molar-refractivity contribution in [1.82, 2.24) is 10.2 Å². The minimum atomic E-state index is -1.14. The number of nitrogens with zero attached hydrogens (tertiary/aromatic N) is 1. The molecular weight excluding hydrogens is 264 g/mol. The van der Waals surface area contributed by atoms with Crippen molar-refractivity contribution in [1.29, 1.82) is 0 Å². The monoisotopic (exact) mass is 278 g/mol. The van der Waals surface area contributed by atoms with Gasteiger partial charge in [0.05, 0.1) is 6.54 Å². The molecular formula is C10H15ClN2O5. The average Bonchev–Trinajstić information content (AvgIpc) is 2.48. The van der Waals surface area contributed by atoms with E-state index in [1.54, 1.807) is 13.8 Å². The molecule has 1 unspecified atom stereocenters. The number of amides is 3. The van der Waals surface area contributed by atoms with Crippen LogP contribution in [0.5, 0.6) is 0 Å². The Labute approximate surface area is 109 Å². The standard InChI is InChI=1S/C10H15ClN2O5/c1-10(2)8(16)13(9(17)12-10)4-6(14)5-18-7(15)3-11/h6,14H,3-5H2,1-2H3,(H,12,17). The summed E-state index contributed by atoms with van der Waals surface area (Å²) < 4.78 is 4.60. The second-order valence-electron chi connectivity index (χ2n) is 4.44. The zero-order valence-electron chi connectivity index (χ0n) is 10.1. The van der Waals surface area contributed by atoms with Gasteiger partial charge in [0, 0.05) is 0 Å². The van der Waals surface area contributed by atoms with Crippen LogP contribution in [0.15, 0.2) is 0 Å². The van der Waals surface area contributed by atoms with Crippen molar-refractivity contribution in [3.63, 3.8) is 0 Å². The maximum atomic E-state index is 11.8. The van der Waals surface area contributed by atoms with E-state index in [0.29, 0.717) is 0 Å². The van der Waals surface area contributed by atoms with Crippen LogP contribution in [0.2, 0.25) is 0 Å². The Balaban J connectivity index is 2.50. The third-order valence-electron chi connectivity index (χ3n) is 2.38. The number of aliphatic hydroxyl groups is 1. The molecule has 2 N–H and O–H groups in total. The van der Waals surface area contributed by atoms with E-state index in [1.165, 1.54) is 0 Å². The van der Waals surface area contributed by atoms with Gasteiger partial charge in [-0.1, -0.05) is 0 Å². The molecule has 0 saturated carbocycles. The number of halogens is 1. The summed E-state index contributed by atoms with van der Waals surface area (Å²) in [5, 5.41) is 12.0.